The minimum absolute atomic E-state index is 0. The molecule has 0 fully saturated rings. The third kappa shape index (κ3) is 6.02. The summed E-state index contributed by atoms with van der Waals surface area (Å²) in [6.45, 7) is 1.56. The van der Waals surface area contributed by atoms with Gasteiger partial charge in [0.15, 0.2) is 5.78 Å². The Balaban J connectivity index is -0.000000234. The van der Waals surface area contributed by atoms with Crippen molar-refractivity contribution in [3.63, 3.8) is 0 Å². The Labute approximate surface area is 115 Å². The van der Waals surface area contributed by atoms with Crippen LogP contribution in [0, 0.1) is 0 Å². The fraction of sp³-hybridized carbons (Fsp3) is 0.125. The van der Waals surface area contributed by atoms with E-state index in [1.165, 1.54) is 0 Å². The van der Waals surface area contributed by atoms with Crippen molar-refractivity contribution in [3.05, 3.63) is 35.9 Å². The summed E-state index contributed by atoms with van der Waals surface area (Å²) in [5.74, 6) is 0.121. The molecule has 62 valence electrons. The molecule has 0 unspecified atom stereocenters. The van der Waals surface area contributed by atoms with Crippen LogP contribution >= 0.6 is 0 Å². The molecule has 0 aliphatic rings. The van der Waals surface area contributed by atoms with Crippen LogP contribution in [0.5, 0.6) is 0 Å². The predicted molar refractivity (Wildman–Crippen MR) is 42.8 cm³/mol. The van der Waals surface area contributed by atoms with E-state index in [1.807, 2.05) is 30.3 Å². The van der Waals surface area contributed by atoms with Gasteiger partial charge in [0.05, 0.1) is 0 Å². The first-order chi connectivity index (χ1) is 5.30. The van der Waals surface area contributed by atoms with Gasteiger partial charge in [0.25, 0.3) is 0 Å². The Morgan fingerprint density at radius 2 is 1.67 bits per heavy atom. The molecule has 0 aliphatic heterocycles. The quantitative estimate of drug-likeness (QED) is 0.261. The summed E-state index contributed by atoms with van der Waals surface area (Å²) < 4.78 is 0. The van der Waals surface area contributed by atoms with Crippen LogP contribution < -0.4 is 51.4 Å². The molecular weight excluding hydrogens is 183 g/mol. The Morgan fingerprint density at radius 3 is 1.92 bits per heavy atom. The summed E-state index contributed by atoms with van der Waals surface area (Å²) in [4.78, 5) is 10.6. The van der Waals surface area contributed by atoms with Crippen LogP contribution in [0.2, 0.25) is 0 Å². The fourth-order valence-corrected chi connectivity index (χ4v) is 0.673. The largest absolute Gasteiger partial charge is 1.00 e. The van der Waals surface area contributed by atoms with E-state index in [0.29, 0.717) is 0 Å². The standard InChI is InChI=1S/C8H8O.K.H2O2.H/c1-7(9)8-5-3-2-4-6-8;;1-2;/h2-6H,1H3;;1-2H;/q;+1;;-1. The van der Waals surface area contributed by atoms with Crippen LogP contribution in [0.15, 0.2) is 30.3 Å². The summed E-state index contributed by atoms with van der Waals surface area (Å²) in [5.41, 5.74) is 0.775. The molecule has 0 atom stereocenters. The normalized spacial score (nSPS) is 7.25. The van der Waals surface area contributed by atoms with Gasteiger partial charge in [0.1, 0.15) is 0 Å². The summed E-state index contributed by atoms with van der Waals surface area (Å²) >= 11 is 0. The first-order valence-corrected chi connectivity index (χ1v) is 3.06. The van der Waals surface area contributed by atoms with Gasteiger partial charge in [0, 0.05) is 5.56 Å². The van der Waals surface area contributed by atoms with E-state index in [2.05, 4.69) is 0 Å². The third-order valence-corrected chi connectivity index (χ3v) is 1.18. The molecule has 0 amide bonds. The number of Topliss-reactive ketones (excluding diaryl/α,β-unsaturated/α-hetero) is 1. The topological polar surface area (TPSA) is 57.5 Å². The van der Waals surface area contributed by atoms with Crippen molar-refractivity contribution < 1.29 is 68.1 Å². The number of ketones is 1. The monoisotopic (exact) mass is 194 g/mol. The maximum absolute atomic E-state index is 10.6. The molecule has 1 rings (SSSR count). The number of benzene rings is 1. The van der Waals surface area contributed by atoms with E-state index in [1.54, 1.807) is 6.92 Å². The van der Waals surface area contributed by atoms with Crippen molar-refractivity contribution >= 4 is 5.78 Å². The van der Waals surface area contributed by atoms with E-state index >= 15 is 0 Å². The molecule has 0 bridgehead atoms. The molecule has 0 heterocycles. The first-order valence-electron chi connectivity index (χ1n) is 3.06. The van der Waals surface area contributed by atoms with Gasteiger partial charge in [-0.25, -0.2) is 0 Å². The average Bonchev–Trinajstić information content (AvgIpc) is 2.10. The van der Waals surface area contributed by atoms with Gasteiger partial charge >= 0.3 is 51.4 Å². The molecular formula is C8H11KO3. The summed E-state index contributed by atoms with van der Waals surface area (Å²) in [7, 11) is 0. The maximum atomic E-state index is 10.6. The van der Waals surface area contributed by atoms with E-state index in [-0.39, 0.29) is 58.6 Å². The van der Waals surface area contributed by atoms with E-state index in [9.17, 15) is 4.79 Å². The maximum Gasteiger partial charge on any atom is 1.00 e. The molecule has 1 aromatic rings. The molecule has 4 heteroatoms. The summed E-state index contributed by atoms with van der Waals surface area (Å²) in [6, 6.07) is 9.23. The van der Waals surface area contributed by atoms with E-state index in [4.69, 9.17) is 10.5 Å². The molecule has 2 N–H and O–H groups in total. The summed E-state index contributed by atoms with van der Waals surface area (Å²) in [5, 5.41) is 12.0. The van der Waals surface area contributed by atoms with Gasteiger partial charge in [-0.15, -0.1) is 0 Å². The Morgan fingerprint density at radius 1 is 1.25 bits per heavy atom. The Hall–Kier alpha value is 0.446. The second-order valence-corrected chi connectivity index (χ2v) is 1.92. The van der Waals surface area contributed by atoms with Gasteiger partial charge in [-0.1, -0.05) is 30.3 Å². The third-order valence-electron chi connectivity index (χ3n) is 1.18. The SMILES string of the molecule is CC(=O)c1ccccc1.OO.[H-].[K+]. The van der Waals surface area contributed by atoms with Gasteiger partial charge in [-0.05, 0) is 6.92 Å². The zero-order valence-electron chi connectivity index (χ0n) is 8.19. The van der Waals surface area contributed by atoms with E-state index in [0.717, 1.165) is 5.56 Å². The van der Waals surface area contributed by atoms with Gasteiger partial charge in [-0.2, -0.15) is 0 Å². The second kappa shape index (κ2) is 9.53. The van der Waals surface area contributed by atoms with Crippen molar-refractivity contribution in [2.75, 3.05) is 0 Å². The minimum atomic E-state index is 0. The minimum Gasteiger partial charge on any atom is -1.00 e. The number of rotatable bonds is 1. The van der Waals surface area contributed by atoms with Crippen LogP contribution in [-0.2, 0) is 0 Å². The Kier molecular flexibility index (Phi) is 11.9. The van der Waals surface area contributed by atoms with Crippen LogP contribution in [0.25, 0.3) is 0 Å². The van der Waals surface area contributed by atoms with Crippen molar-refractivity contribution in [2.45, 2.75) is 6.92 Å². The van der Waals surface area contributed by atoms with Gasteiger partial charge < -0.3 is 1.43 Å². The van der Waals surface area contributed by atoms with Crippen LogP contribution in [0.1, 0.15) is 18.7 Å². The molecule has 0 radical (unpaired) electrons. The molecule has 0 aromatic heterocycles. The average molecular weight is 194 g/mol. The summed E-state index contributed by atoms with van der Waals surface area (Å²) in [6.07, 6.45) is 0. The second-order valence-electron chi connectivity index (χ2n) is 1.92. The Bertz CT molecular complexity index is 216. The van der Waals surface area contributed by atoms with Crippen molar-refractivity contribution in [3.8, 4) is 0 Å². The fourth-order valence-electron chi connectivity index (χ4n) is 0.673. The molecule has 1 aromatic carbocycles. The van der Waals surface area contributed by atoms with Crippen LogP contribution in [0.3, 0.4) is 0 Å². The van der Waals surface area contributed by atoms with Gasteiger partial charge in [-0.3, -0.25) is 15.3 Å². The predicted octanol–water partition coefficient (Wildman–Crippen LogP) is -0.977. The first kappa shape index (κ1) is 14.9. The molecule has 0 saturated carbocycles. The number of hydrogen-bond acceptors (Lipinski definition) is 3. The number of hydrogen-bond donors (Lipinski definition) is 2. The number of carbonyl (C=O) groups is 1. The smallest absolute Gasteiger partial charge is 1.00 e. The zero-order valence-corrected chi connectivity index (χ0v) is 10.3. The van der Waals surface area contributed by atoms with Crippen molar-refractivity contribution in [2.24, 2.45) is 0 Å². The van der Waals surface area contributed by atoms with Crippen molar-refractivity contribution in [1.82, 2.24) is 0 Å². The molecule has 3 nitrogen and oxygen atoms in total. The number of carbonyl (C=O) groups excluding carboxylic acids is 1. The van der Waals surface area contributed by atoms with Crippen LogP contribution in [0.4, 0.5) is 0 Å². The molecule has 12 heavy (non-hydrogen) atoms. The van der Waals surface area contributed by atoms with Gasteiger partial charge in [0.2, 0.25) is 0 Å². The molecule has 0 spiro atoms. The van der Waals surface area contributed by atoms with Crippen molar-refractivity contribution in [1.29, 1.82) is 0 Å². The van der Waals surface area contributed by atoms with E-state index < -0.39 is 0 Å². The molecule has 0 saturated heterocycles. The molecule has 0 aliphatic carbocycles. The zero-order chi connectivity index (χ0) is 8.69. The van der Waals surface area contributed by atoms with Crippen LogP contribution in [-0.4, -0.2) is 16.3 Å².